The van der Waals surface area contributed by atoms with Gasteiger partial charge in [-0.2, -0.15) is 10.4 Å². The predicted octanol–water partition coefficient (Wildman–Crippen LogP) is 2.82. The minimum absolute atomic E-state index is 0.209. The Bertz CT molecular complexity index is 713. The highest BCUT2D eigenvalue weighted by Crippen LogP contribution is 2.23. The lowest BCUT2D eigenvalue weighted by atomic mass is 10.2. The van der Waals surface area contributed by atoms with Crippen molar-refractivity contribution in [2.75, 3.05) is 0 Å². The smallest absolute Gasteiger partial charge is 0.339 e. The van der Waals surface area contributed by atoms with Gasteiger partial charge >= 0.3 is 5.97 Å². The van der Waals surface area contributed by atoms with Gasteiger partial charge in [-0.15, -0.1) is 0 Å². The molecule has 0 aliphatic carbocycles. The van der Waals surface area contributed by atoms with E-state index in [4.69, 9.17) is 10.4 Å². The monoisotopic (exact) mass is 319 g/mol. The molecule has 0 aliphatic rings. The number of hydrogen-bond donors (Lipinski definition) is 1. The molecule has 0 amide bonds. The van der Waals surface area contributed by atoms with Crippen molar-refractivity contribution in [3.05, 3.63) is 45.2 Å². The summed E-state index contributed by atoms with van der Waals surface area (Å²) < 4.78 is 2.21. The molecule has 0 saturated heterocycles. The summed E-state index contributed by atoms with van der Waals surface area (Å²) in [5.41, 5.74) is 2.45. The van der Waals surface area contributed by atoms with Crippen molar-refractivity contribution in [2.45, 2.75) is 13.8 Å². The second-order valence-corrected chi connectivity index (χ2v) is 4.89. The summed E-state index contributed by atoms with van der Waals surface area (Å²) in [6, 6.07) is 7.19. The van der Waals surface area contributed by atoms with Gasteiger partial charge in [0.1, 0.15) is 11.6 Å². The van der Waals surface area contributed by atoms with E-state index in [0.29, 0.717) is 27.1 Å². The maximum absolute atomic E-state index is 11.1. The minimum atomic E-state index is -0.992. The third kappa shape index (κ3) is 2.25. The number of carbonyl (C=O) groups is 1. The first kappa shape index (κ1) is 13.3. The van der Waals surface area contributed by atoms with Crippen LogP contribution in [0.25, 0.3) is 5.69 Å². The average Bonchev–Trinajstić information content (AvgIpc) is 2.64. The van der Waals surface area contributed by atoms with Crippen molar-refractivity contribution in [3.8, 4) is 11.8 Å². The van der Waals surface area contributed by atoms with Gasteiger partial charge in [-0.3, -0.25) is 0 Å². The normalized spacial score (nSPS) is 10.2. The molecule has 0 radical (unpaired) electrons. The Kier molecular flexibility index (Phi) is 3.40. The van der Waals surface area contributed by atoms with Crippen LogP contribution in [0.1, 0.15) is 27.3 Å². The number of carboxylic acid groups (broad SMARTS) is 1. The van der Waals surface area contributed by atoms with E-state index in [9.17, 15) is 4.79 Å². The molecule has 0 atom stereocenters. The maximum atomic E-state index is 11.1. The third-order valence-corrected chi connectivity index (χ3v) is 3.48. The van der Waals surface area contributed by atoms with Crippen molar-refractivity contribution in [1.82, 2.24) is 9.78 Å². The zero-order valence-corrected chi connectivity index (χ0v) is 11.9. The first-order chi connectivity index (χ1) is 8.95. The van der Waals surface area contributed by atoms with Gasteiger partial charge in [0, 0.05) is 4.47 Å². The van der Waals surface area contributed by atoms with Crippen molar-refractivity contribution in [2.24, 2.45) is 0 Å². The Labute approximate surface area is 118 Å². The SMILES string of the molecule is Cc1nn(-c2ccc(C#N)c(Br)c2)c(C)c1C(=O)O. The minimum Gasteiger partial charge on any atom is -0.478 e. The summed E-state index contributed by atoms with van der Waals surface area (Å²) >= 11 is 3.30. The molecule has 0 fully saturated rings. The molecule has 1 heterocycles. The molecule has 1 aromatic carbocycles. The fraction of sp³-hybridized carbons (Fsp3) is 0.154. The zero-order valence-electron chi connectivity index (χ0n) is 10.3. The lowest BCUT2D eigenvalue weighted by molar-refractivity contribution is 0.0695. The highest BCUT2D eigenvalue weighted by Gasteiger charge is 2.18. The number of rotatable bonds is 2. The van der Waals surface area contributed by atoms with E-state index in [-0.39, 0.29) is 5.56 Å². The first-order valence-corrected chi connectivity index (χ1v) is 6.24. The van der Waals surface area contributed by atoms with Gasteiger partial charge in [-0.25, -0.2) is 9.48 Å². The third-order valence-electron chi connectivity index (χ3n) is 2.82. The Morgan fingerprint density at radius 3 is 2.63 bits per heavy atom. The number of nitrogens with zero attached hydrogens (tertiary/aromatic N) is 3. The van der Waals surface area contributed by atoms with Gasteiger partial charge in [-0.1, -0.05) is 0 Å². The molecule has 96 valence electrons. The summed E-state index contributed by atoms with van der Waals surface area (Å²) in [5, 5.41) is 22.2. The molecule has 1 N–H and O–H groups in total. The molecule has 0 spiro atoms. The lowest BCUT2D eigenvalue weighted by Gasteiger charge is -2.05. The van der Waals surface area contributed by atoms with E-state index in [1.54, 1.807) is 36.7 Å². The largest absolute Gasteiger partial charge is 0.478 e. The van der Waals surface area contributed by atoms with Crippen LogP contribution in [-0.4, -0.2) is 20.9 Å². The second kappa shape index (κ2) is 4.86. The van der Waals surface area contributed by atoms with Crippen molar-refractivity contribution >= 4 is 21.9 Å². The zero-order chi connectivity index (χ0) is 14.2. The van der Waals surface area contributed by atoms with E-state index < -0.39 is 5.97 Å². The van der Waals surface area contributed by atoms with Gasteiger partial charge in [0.25, 0.3) is 0 Å². The fourth-order valence-corrected chi connectivity index (χ4v) is 2.39. The van der Waals surface area contributed by atoms with Gasteiger partial charge in [0.2, 0.25) is 0 Å². The molecular formula is C13H10BrN3O2. The molecule has 19 heavy (non-hydrogen) atoms. The first-order valence-electron chi connectivity index (χ1n) is 5.45. The van der Waals surface area contributed by atoms with Crippen LogP contribution in [0.3, 0.4) is 0 Å². The van der Waals surface area contributed by atoms with Crippen LogP contribution in [0.4, 0.5) is 0 Å². The van der Waals surface area contributed by atoms with Crippen LogP contribution in [0, 0.1) is 25.2 Å². The summed E-state index contributed by atoms with van der Waals surface area (Å²) in [5.74, 6) is -0.992. The Morgan fingerprint density at radius 2 is 2.16 bits per heavy atom. The average molecular weight is 320 g/mol. The standard InChI is InChI=1S/C13H10BrN3O2/c1-7-12(13(18)19)8(2)17(16-7)10-4-3-9(6-15)11(14)5-10/h3-5H,1-2H3,(H,18,19). The van der Waals surface area contributed by atoms with Crippen molar-refractivity contribution < 1.29 is 9.90 Å². The number of nitriles is 1. The van der Waals surface area contributed by atoms with Crippen LogP contribution >= 0.6 is 15.9 Å². The lowest BCUT2D eigenvalue weighted by Crippen LogP contribution is -2.02. The predicted molar refractivity (Wildman–Crippen MR) is 72.4 cm³/mol. The molecule has 2 rings (SSSR count). The van der Waals surface area contributed by atoms with Crippen LogP contribution in [-0.2, 0) is 0 Å². The molecule has 5 nitrogen and oxygen atoms in total. The number of aryl methyl sites for hydroxylation is 1. The van der Waals surface area contributed by atoms with Crippen molar-refractivity contribution in [3.63, 3.8) is 0 Å². The Balaban J connectivity index is 2.61. The van der Waals surface area contributed by atoms with Crippen LogP contribution in [0.2, 0.25) is 0 Å². The van der Waals surface area contributed by atoms with Gasteiger partial charge in [0.05, 0.1) is 22.6 Å². The molecule has 0 saturated carbocycles. The van der Waals surface area contributed by atoms with Crippen LogP contribution < -0.4 is 0 Å². The van der Waals surface area contributed by atoms with Crippen molar-refractivity contribution in [1.29, 1.82) is 5.26 Å². The molecular weight excluding hydrogens is 310 g/mol. The highest BCUT2D eigenvalue weighted by atomic mass is 79.9. The highest BCUT2D eigenvalue weighted by molar-refractivity contribution is 9.10. The molecule has 1 aromatic heterocycles. The maximum Gasteiger partial charge on any atom is 0.339 e. The van der Waals surface area contributed by atoms with E-state index >= 15 is 0 Å². The number of aromatic nitrogens is 2. The van der Waals surface area contributed by atoms with Gasteiger partial charge in [-0.05, 0) is 48.0 Å². The molecule has 6 heteroatoms. The topological polar surface area (TPSA) is 78.9 Å². The number of carboxylic acids is 1. The molecule has 0 bridgehead atoms. The molecule has 2 aromatic rings. The summed E-state index contributed by atoms with van der Waals surface area (Å²) in [6.45, 7) is 3.36. The fourth-order valence-electron chi connectivity index (χ4n) is 1.93. The van der Waals surface area contributed by atoms with E-state index in [1.165, 1.54) is 0 Å². The van der Waals surface area contributed by atoms with Crippen LogP contribution in [0.5, 0.6) is 0 Å². The Morgan fingerprint density at radius 1 is 1.47 bits per heavy atom. The Hall–Kier alpha value is -2.13. The summed E-state index contributed by atoms with van der Waals surface area (Å²) in [6.07, 6.45) is 0. The van der Waals surface area contributed by atoms with E-state index in [1.807, 2.05) is 0 Å². The van der Waals surface area contributed by atoms with Gasteiger partial charge < -0.3 is 5.11 Å². The van der Waals surface area contributed by atoms with Gasteiger partial charge in [0.15, 0.2) is 0 Å². The molecule has 0 unspecified atom stereocenters. The van der Waals surface area contributed by atoms with E-state index in [2.05, 4.69) is 27.1 Å². The number of aromatic carboxylic acids is 1. The molecule has 0 aliphatic heterocycles. The summed E-state index contributed by atoms with van der Waals surface area (Å²) in [7, 11) is 0. The number of hydrogen-bond acceptors (Lipinski definition) is 3. The second-order valence-electron chi connectivity index (χ2n) is 4.04. The number of halogens is 1. The number of benzene rings is 1. The van der Waals surface area contributed by atoms with E-state index in [0.717, 1.165) is 0 Å². The van der Waals surface area contributed by atoms with Crippen LogP contribution in [0.15, 0.2) is 22.7 Å². The quantitative estimate of drug-likeness (QED) is 0.923. The summed E-state index contributed by atoms with van der Waals surface area (Å²) in [4.78, 5) is 11.1.